The van der Waals surface area contributed by atoms with Crippen molar-refractivity contribution < 1.29 is 4.79 Å². The van der Waals surface area contributed by atoms with E-state index in [9.17, 15) is 4.79 Å². The van der Waals surface area contributed by atoms with Crippen LogP contribution in [0.15, 0.2) is 35.8 Å². The molecule has 0 unspecified atom stereocenters. The lowest BCUT2D eigenvalue weighted by molar-refractivity contribution is 0.100. The minimum absolute atomic E-state index is 0.111. The number of thiophene rings is 1. The van der Waals surface area contributed by atoms with Gasteiger partial charge in [0, 0.05) is 29.0 Å². The molecule has 7 nitrogen and oxygen atoms in total. The molecule has 0 bridgehead atoms. The number of amides is 1. The van der Waals surface area contributed by atoms with Crippen molar-refractivity contribution in [1.29, 1.82) is 0 Å². The van der Waals surface area contributed by atoms with Crippen LogP contribution in [0.1, 0.15) is 36.0 Å². The normalized spacial score (nSPS) is 19.7. The second-order valence-electron chi connectivity index (χ2n) is 6.79. The first-order valence-corrected chi connectivity index (χ1v) is 9.92. The summed E-state index contributed by atoms with van der Waals surface area (Å²) < 4.78 is 0. The molecule has 3 aromatic heterocycles. The SMILES string of the molecule is NC(=O)c1ccc(N[C@@H]2CCCC[C@@H]2N)nc1Nc1csc2ncccc12. The van der Waals surface area contributed by atoms with Crippen LogP contribution in [0.4, 0.5) is 17.3 Å². The van der Waals surface area contributed by atoms with Gasteiger partial charge in [0.2, 0.25) is 0 Å². The standard InChI is InChI=1S/C19H22N6OS/c20-13-5-1-2-6-14(13)23-16-8-7-12(17(21)26)18(25-16)24-15-10-27-19-11(15)4-3-9-22-19/h3-4,7-10,13-14H,1-2,5-6,20H2,(H2,21,26)(H2,23,24,25)/t13-,14+/m0/s1. The molecule has 1 saturated carbocycles. The van der Waals surface area contributed by atoms with Crippen molar-refractivity contribution in [2.75, 3.05) is 10.6 Å². The van der Waals surface area contributed by atoms with Crippen LogP contribution in [-0.2, 0) is 0 Å². The summed E-state index contributed by atoms with van der Waals surface area (Å²) in [5.41, 5.74) is 13.0. The van der Waals surface area contributed by atoms with E-state index in [0.29, 0.717) is 17.2 Å². The van der Waals surface area contributed by atoms with E-state index >= 15 is 0 Å². The molecule has 6 N–H and O–H groups in total. The summed E-state index contributed by atoms with van der Waals surface area (Å²) in [6, 6.07) is 7.63. The summed E-state index contributed by atoms with van der Waals surface area (Å²) >= 11 is 1.53. The number of anilines is 3. The Balaban J connectivity index is 1.64. The highest BCUT2D eigenvalue weighted by Gasteiger charge is 2.22. The second kappa shape index (κ2) is 7.50. The van der Waals surface area contributed by atoms with Crippen molar-refractivity contribution in [1.82, 2.24) is 9.97 Å². The van der Waals surface area contributed by atoms with Gasteiger partial charge < -0.3 is 22.1 Å². The molecule has 0 saturated heterocycles. The Hall–Kier alpha value is -2.71. The van der Waals surface area contributed by atoms with E-state index in [1.165, 1.54) is 17.8 Å². The van der Waals surface area contributed by atoms with Crippen LogP contribution in [0, 0.1) is 0 Å². The van der Waals surface area contributed by atoms with Gasteiger partial charge in [-0.3, -0.25) is 4.79 Å². The van der Waals surface area contributed by atoms with Crippen LogP contribution in [0.3, 0.4) is 0 Å². The smallest absolute Gasteiger partial charge is 0.252 e. The summed E-state index contributed by atoms with van der Waals surface area (Å²) in [6.07, 6.45) is 6.11. The summed E-state index contributed by atoms with van der Waals surface area (Å²) in [5, 5.41) is 9.61. The fourth-order valence-electron chi connectivity index (χ4n) is 3.45. The number of hydrogen-bond acceptors (Lipinski definition) is 7. The lowest BCUT2D eigenvalue weighted by Gasteiger charge is -2.29. The van der Waals surface area contributed by atoms with Gasteiger partial charge in [-0.15, -0.1) is 11.3 Å². The van der Waals surface area contributed by atoms with Crippen LogP contribution in [0.5, 0.6) is 0 Å². The molecular weight excluding hydrogens is 360 g/mol. The minimum atomic E-state index is -0.524. The molecule has 8 heteroatoms. The number of pyridine rings is 2. The average molecular weight is 382 g/mol. The van der Waals surface area contributed by atoms with Gasteiger partial charge in [0.15, 0.2) is 0 Å². The number of nitrogens with zero attached hydrogens (tertiary/aromatic N) is 2. The number of nitrogens with one attached hydrogen (secondary N) is 2. The zero-order valence-corrected chi connectivity index (χ0v) is 15.6. The molecule has 0 spiro atoms. The van der Waals surface area contributed by atoms with E-state index in [1.54, 1.807) is 18.3 Å². The number of carbonyl (C=O) groups excluding carboxylic acids is 1. The highest BCUT2D eigenvalue weighted by atomic mass is 32.1. The molecule has 0 aromatic carbocycles. The Morgan fingerprint density at radius 1 is 1.22 bits per heavy atom. The zero-order valence-electron chi connectivity index (χ0n) is 14.8. The topological polar surface area (TPSA) is 119 Å². The first-order valence-electron chi connectivity index (χ1n) is 9.04. The van der Waals surface area contributed by atoms with Gasteiger partial charge in [-0.05, 0) is 37.1 Å². The fraction of sp³-hybridized carbons (Fsp3) is 0.316. The molecular formula is C19H22N6OS. The van der Waals surface area contributed by atoms with Crippen LogP contribution in [0.25, 0.3) is 10.2 Å². The molecule has 3 aromatic rings. The van der Waals surface area contributed by atoms with Crippen LogP contribution < -0.4 is 22.1 Å². The summed E-state index contributed by atoms with van der Waals surface area (Å²) in [7, 11) is 0. The first kappa shape index (κ1) is 17.7. The van der Waals surface area contributed by atoms with Gasteiger partial charge in [-0.25, -0.2) is 9.97 Å². The van der Waals surface area contributed by atoms with Gasteiger partial charge in [-0.2, -0.15) is 0 Å². The molecule has 0 radical (unpaired) electrons. The van der Waals surface area contributed by atoms with Crippen LogP contribution in [0.2, 0.25) is 0 Å². The molecule has 27 heavy (non-hydrogen) atoms. The second-order valence-corrected chi connectivity index (χ2v) is 7.64. The van der Waals surface area contributed by atoms with Crippen molar-refractivity contribution in [3.8, 4) is 0 Å². The number of carbonyl (C=O) groups is 1. The quantitative estimate of drug-likeness (QED) is 0.538. The molecule has 140 valence electrons. The van der Waals surface area contributed by atoms with E-state index in [4.69, 9.17) is 11.5 Å². The third-order valence-electron chi connectivity index (χ3n) is 4.92. The first-order chi connectivity index (χ1) is 13.1. The average Bonchev–Trinajstić information content (AvgIpc) is 3.07. The van der Waals surface area contributed by atoms with Gasteiger partial charge >= 0.3 is 0 Å². The van der Waals surface area contributed by atoms with Gasteiger partial charge in [0.25, 0.3) is 5.91 Å². The monoisotopic (exact) mass is 382 g/mol. The van der Waals surface area contributed by atoms with Crippen molar-refractivity contribution in [3.05, 3.63) is 41.4 Å². The number of fused-ring (bicyclic) bond motifs is 1. The lowest BCUT2D eigenvalue weighted by Crippen LogP contribution is -2.42. The van der Waals surface area contributed by atoms with E-state index in [1.807, 2.05) is 17.5 Å². The Morgan fingerprint density at radius 2 is 2.07 bits per heavy atom. The molecule has 1 aliphatic rings. The van der Waals surface area contributed by atoms with E-state index < -0.39 is 5.91 Å². The highest BCUT2D eigenvalue weighted by Crippen LogP contribution is 2.32. The van der Waals surface area contributed by atoms with E-state index in [0.717, 1.165) is 35.2 Å². The summed E-state index contributed by atoms with van der Waals surface area (Å²) in [6.45, 7) is 0. The van der Waals surface area contributed by atoms with Crippen molar-refractivity contribution in [2.45, 2.75) is 37.8 Å². The zero-order chi connectivity index (χ0) is 18.8. The number of nitrogens with two attached hydrogens (primary N) is 2. The van der Waals surface area contributed by atoms with E-state index in [-0.39, 0.29) is 12.1 Å². The number of rotatable bonds is 5. The van der Waals surface area contributed by atoms with Crippen molar-refractivity contribution in [3.63, 3.8) is 0 Å². The molecule has 1 amide bonds. The molecule has 2 atom stereocenters. The van der Waals surface area contributed by atoms with Crippen molar-refractivity contribution in [2.24, 2.45) is 11.5 Å². The van der Waals surface area contributed by atoms with Gasteiger partial charge in [-0.1, -0.05) is 12.8 Å². The Kier molecular flexibility index (Phi) is 4.91. The van der Waals surface area contributed by atoms with E-state index in [2.05, 4.69) is 20.6 Å². The van der Waals surface area contributed by atoms with Gasteiger partial charge in [0.05, 0.1) is 11.3 Å². The molecule has 4 rings (SSSR count). The predicted molar refractivity (Wildman–Crippen MR) is 110 cm³/mol. The van der Waals surface area contributed by atoms with Gasteiger partial charge in [0.1, 0.15) is 16.5 Å². The Labute approximate surface area is 161 Å². The number of primary amides is 1. The maximum absolute atomic E-state index is 11.9. The lowest BCUT2D eigenvalue weighted by atomic mass is 9.91. The third-order valence-corrected chi connectivity index (χ3v) is 5.82. The molecule has 0 aliphatic heterocycles. The fourth-order valence-corrected chi connectivity index (χ4v) is 4.30. The largest absolute Gasteiger partial charge is 0.366 e. The summed E-state index contributed by atoms with van der Waals surface area (Å²) in [4.78, 5) is 21.7. The minimum Gasteiger partial charge on any atom is -0.366 e. The van der Waals surface area contributed by atoms with Crippen LogP contribution >= 0.6 is 11.3 Å². The molecule has 1 aliphatic carbocycles. The summed E-state index contributed by atoms with van der Waals surface area (Å²) in [5.74, 6) is 0.589. The molecule has 1 fully saturated rings. The molecule has 3 heterocycles. The highest BCUT2D eigenvalue weighted by molar-refractivity contribution is 7.17. The number of hydrogen-bond donors (Lipinski definition) is 4. The Bertz CT molecular complexity index is 972. The maximum Gasteiger partial charge on any atom is 0.252 e. The Morgan fingerprint density at radius 3 is 2.89 bits per heavy atom. The van der Waals surface area contributed by atoms with Crippen LogP contribution in [-0.4, -0.2) is 28.0 Å². The van der Waals surface area contributed by atoms with Crippen molar-refractivity contribution >= 4 is 44.8 Å². The number of aromatic nitrogens is 2. The third kappa shape index (κ3) is 3.72. The predicted octanol–water partition coefficient (Wildman–Crippen LogP) is 3.22. The maximum atomic E-state index is 11.9.